The van der Waals surface area contributed by atoms with Gasteiger partial charge in [0.15, 0.2) is 0 Å². The third-order valence-electron chi connectivity index (χ3n) is 3.79. The first-order valence-corrected chi connectivity index (χ1v) is 7.44. The molecule has 1 atom stereocenters. The Labute approximate surface area is 140 Å². The summed E-state index contributed by atoms with van der Waals surface area (Å²) in [7, 11) is 2.93. The average Bonchev–Trinajstić information content (AvgIpc) is 3.00. The molecule has 0 radical (unpaired) electrons. The summed E-state index contributed by atoms with van der Waals surface area (Å²) in [6.45, 7) is 1.66. The molecule has 0 spiro atoms. The van der Waals surface area contributed by atoms with Crippen molar-refractivity contribution >= 4 is 17.6 Å². The van der Waals surface area contributed by atoms with Gasteiger partial charge in [-0.3, -0.25) is 0 Å². The fraction of sp³-hybridized carbons (Fsp3) is 0.222. The van der Waals surface area contributed by atoms with E-state index >= 15 is 0 Å². The molecule has 1 aliphatic heterocycles. The van der Waals surface area contributed by atoms with Gasteiger partial charge in [0.25, 0.3) is 11.6 Å². The Kier molecular flexibility index (Phi) is 4.12. The molecule has 0 fully saturated rings. The summed E-state index contributed by atoms with van der Waals surface area (Å²) >= 11 is 0. The number of carbonyl (C=O) groups is 1. The summed E-state index contributed by atoms with van der Waals surface area (Å²) in [5.41, 5.74) is 0.146. The molecular formula is C18H18N2O4. The van der Waals surface area contributed by atoms with Crippen LogP contribution in [0, 0.1) is 0 Å². The molecule has 1 aliphatic rings. The van der Waals surface area contributed by atoms with Crippen molar-refractivity contribution in [3.05, 3.63) is 60.2 Å². The minimum Gasteiger partial charge on any atom is -0.497 e. The number of hydrogen-bond acceptors (Lipinski definition) is 6. The number of anilines is 1. The predicted molar refractivity (Wildman–Crippen MR) is 90.0 cm³/mol. The zero-order valence-corrected chi connectivity index (χ0v) is 13.7. The second-order valence-electron chi connectivity index (χ2n) is 5.38. The van der Waals surface area contributed by atoms with Gasteiger partial charge in [-0.25, -0.2) is 9.79 Å². The molecule has 2 aromatic rings. The topological polar surface area (TPSA) is 60.4 Å². The zero-order valence-electron chi connectivity index (χ0n) is 13.7. The van der Waals surface area contributed by atoms with E-state index in [-0.39, 0.29) is 0 Å². The molecule has 0 saturated heterocycles. The molecule has 6 nitrogen and oxygen atoms in total. The highest BCUT2D eigenvalue weighted by molar-refractivity contribution is 6.00. The van der Waals surface area contributed by atoms with Gasteiger partial charge in [0.05, 0.1) is 19.9 Å². The number of aliphatic imine (C=N–C) groups is 1. The molecule has 1 heterocycles. The fourth-order valence-electron chi connectivity index (χ4n) is 2.48. The number of ether oxygens (including phenoxy) is 2. The van der Waals surface area contributed by atoms with E-state index in [0.717, 1.165) is 11.3 Å². The number of carbonyl (C=O) groups excluding carboxylic acids is 1. The lowest BCUT2D eigenvalue weighted by atomic mass is 10.1. The van der Waals surface area contributed by atoms with Crippen molar-refractivity contribution in [2.24, 2.45) is 4.99 Å². The number of para-hydroxylation sites is 1. The second kappa shape index (κ2) is 6.23. The summed E-state index contributed by atoms with van der Waals surface area (Å²) in [6.07, 6.45) is 0. The Morgan fingerprint density at radius 2 is 1.75 bits per heavy atom. The maximum Gasteiger partial charge on any atom is 0.357 e. The Bertz CT molecular complexity index is 758. The smallest absolute Gasteiger partial charge is 0.357 e. The SMILES string of the molecule is COC(=O)C1(C)N=C(c2ccc(OC)cc2)ON1c1ccccc1. The van der Waals surface area contributed by atoms with E-state index in [4.69, 9.17) is 14.3 Å². The lowest BCUT2D eigenvalue weighted by molar-refractivity contribution is -0.147. The molecular weight excluding hydrogens is 308 g/mol. The van der Waals surface area contributed by atoms with Gasteiger partial charge in [0.2, 0.25) is 0 Å². The average molecular weight is 326 g/mol. The molecule has 0 saturated carbocycles. The predicted octanol–water partition coefficient (Wildman–Crippen LogP) is 2.78. The van der Waals surface area contributed by atoms with Gasteiger partial charge in [-0.1, -0.05) is 18.2 Å². The van der Waals surface area contributed by atoms with Crippen LogP contribution in [-0.4, -0.2) is 31.7 Å². The highest BCUT2D eigenvalue weighted by atomic mass is 16.7. The van der Waals surface area contributed by atoms with E-state index in [0.29, 0.717) is 11.6 Å². The highest BCUT2D eigenvalue weighted by Gasteiger charge is 2.48. The summed E-state index contributed by atoms with van der Waals surface area (Å²) in [5.74, 6) is 0.567. The molecule has 6 heteroatoms. The lowest BCUT2D eigenvalue weighted by Crippen LogP contribution is -2.48. The van der Waals surface area contributed by atoms with E-state index in [1.165, 1.54) is 12.2 Å². The van der Waals surface area contributed by atoms with Gasteiger partial charge in [-0.2, -0.15) is 5.06 Å². The molecule has 0 aliphatic carbocycles. The molecule has 0 N–H and O–H groups in total. The third-order valence-corrected chi connectivity index (χ3v) is 3.79. The van der Waals surface area contributed by atoms with Crippen LogP contribution in [0.3, 0.4) is 0 Å². The van der Waals surface area contributed by atoms with E-state index in [1.54, 1.807) is 14.0 Å². The van der Waals surface area contributed by atoms with Crippen LogP contribution in [0.25, 0.3) is 0 Å². The second-order valence-corrected chi connectivity index (χ2v) is 5.38. The summed E-state index contributed by atoms with van der Waals surface area (Å²) < 4.78 is 10.1. The van der Waals surface area contributed by atoms with Crippen LogP contribution in [0.5, 0.6) is 5.75 Å². The molecule has 2 aromatic carbocycles. The van der Waals surface area contributed by atoms with Crippen molar-refractivity contribution in [2.45, 2.75) is 12.6 Å². The normalized spacial score (nSPS) is 19.5. The van der Waals surface area contributed by atoms with Crippen molar-refractivity contribution in [2.75, 3.05) is 19.3 Å². The Morgan fingerprint density at radius 1 is 1.08 bits per heavy atom. The van der Waals surface area contributed by atoms with E-state index in [2.05, 4.69) is 4.99 Å². The van der Waals surface area contributed by atoms with Crippen LogP contribution >= 0.6 is 0 Å². The number of rotatable bonds is 4. The molecule has 24 heavy (non-hydrogen) atoms. The van der Waals surface area contributed by atoms with Crippen molar-refractivity contribution in [3.8, 4) is 5.75 Å². The quantitative estimate of drug-likeness (QED) is 0.809. The Balaban J connectivity index is 2.00. The van der Waals surface area contributed by atoms with Crippen LogP contribution in [0.4, 0.5) is 5.69 Å². The van der Waals surface area contributed by atoms with Crippen molar-refractivity contribution in [1.29, 1.82) is 0 Å². The van der Waals surface area contributed by atoms with Crippen LogP contribution < -0.4 is 9.80 Å². The van der Waals surface area contributed by atoms with Gasteiger partial charge in [-0.15, -0.1) is 0 Å². The number of methoxy groups -OCH3 is 2. The van der Waals surface area contributed by atoms with Crippen LogP contribution in [0.15, 0.2) is 59.6 Å². The van der Waals surface area contributed by atoms with Crippen LogP contribution in [0.2, 0.25) is 0 Å². The lowest BCUT2D eigenvalue weighted by Gasteiger charge is -2.29. The Hall–Kier alpha value is -3.02. The molecule has 0 bridgehead atoms. The third kappa shape index (κ3) is 2.67. The maximum atomic E-state index is 12.3. The maximum absolute atomic E-state index is 12.3. The van der Waals surface area contributed by atoms with E-state index in [9.17, 15) is 4.79 Å². The molecule has 0 aromatic heterocycles. The van der Waals surface area contributed by atoms with Gasteiger partial charge in [0, 0.05) is 5.56 Å². The fourth-order valence-corrected chi connectivity index (χ4v) is 2.48. The molecule has 1 unspecified atom stereocenters. The minimum atomic E-state index is -1.30. The summed E-state index contributed by atoms with van der Waals surface area (Å²) in [4.78, 5) is 22.7. The van der Waals surface area contributed by atoms with Crippen molar-refractivity contribution in [3.63, 3.8) is 0 Å². The number of esters is 1. The summed E-state index contributed by atoms with van der Waals surface area (Å²) in [5, 5.41) is 1.46. The molecule has 0 amide bonds. The first-order chi connectivity index (χ1) is 11.6. The zero-order chi connectivity index (χ0) is 17.2. The highest BCUT2D eigenvalue weighted by Crippen LogP contribution is 2.33. The van der Waals surface area contributed by atoms with Gasteiger partial charge < -0.3 is 14.3 Å². The number of hydroxylamine groups is 1. The minimum absolute atomic E-state index is 0.342. The standard InChI is InChI=1S/C18H18N2O4/c1-18(17(21)23-3)19-16(13-9-11-15(22-2)12-10-13)24-20(18)14-7-5-4-6-8-14/h4-12H,1-3H3. The van der Waals surface area contributed by atoms with E-state index < -0.39 is 11.6 Å². The van der Waals surface area contributed by atoms with Gasteiger partial charge in [-0.05, 0) is 43.3 Å². The molecule has 3 rings (SSSR count). The summed E-state index contributed by atoms with van der Waals surface area (Å²) in [6, 6.07) is 16.6. The van der Waals surface area contributed by atoms with Crippen LogP contribution in [0.1, 0.15) is 12.5 Å². The van der Waals surface area contributed by atoms with Crippen molar-refractivity contribution < 1.29 is 19.1 Å². The first-order valence-electron chi connectivity index (χ1n) is 7.44. The van der Waals surface area contributed by atoms with E-state index in [1.807, 2.05) is 54.6 Å². The monoisotopic (exact) mass is 326 g/mol. The number of benzene rings is 2. The molecule has 124 valence electrons. The number of hydrogen-bond donors (Lipinski definition) is 0. The largest absolute Gasteiger partial charge is 0.497 e. The Morgan fingerprint density at radius 3 is 2.33 bits per heavy atom. The number of nitrogens with zero attached hydrogens (tertiary/aromatic N) is 2. The van der Waals surface area contributed by atoms with Gasteiger partial charge in [0.1, 0.15) is 5.75 Å². The van der Waals surface area contributed by atoms with Gasteiger partial charge >= 0.3 is 5.97 Å². The van der Waals surface area contributed by atoms with Crippen molar-refractivity contribution in [1.82, 2.24) is 0 Å². The van der Waals surface area contributed by atoms with Crippen LogP contribution in [-0.2, 0) is 14.4 Å². The first kappa shape index (κ1) is 15.9.